The molecule has 15 N–H and O–H groups in total. The molecule has 0 bridgehead atoms. The van der Waals surface area contributed by atoms with Gasteiger partial charge in [0.05, 0.1) is 0 Å². The predicted octanol–water partition coefficient (Wildman–Crippen LogP) is 11.5. The van der Waals surface area contributed by atoms with Crippen molar-refractivity contribution in [3.05, 3.63) is 198 Å². The number of rotatable bonds is 36. The Kier molecular flexibility index (Phi) is 26.6. The Morgan fingerprint density at radius 3 is 0.891 bits per heavy atom. The van der Waals surface area contributed by atoms with E-state index in [1.54, 1.807) is 0 Å². The molecule has 6 aromatic carbocycles. The number of H-pyrrole nitrogens is 3. The highest BCUT2D eigenvalue weighted by atomic mass is 35.5. The molecular weight excluding hydrogens is 1180 g/mol. The standard InChI is InChI=1S/C73H88N12O6.ClH/c74-43-10-7-25-64(83-67(86)28-13-16-52-46-77-61-22-4-1-19-58(52)61)71(89)80-55-37-31-49(32-38-55)70(50-33-39-56(40-34-50)81-72(90)65(26-8-11-44-75)84-68(87)29-14-17-53-47-78-62-23-5-2-20-59(53)62)51-35-41-57(42-36-51)82-73(91)66(27-9-12-45-76)85-69(88)30-15-18-54-48-79-63-24-6-3-21-60(54)63;/h1-6,19-24,31-42,46-48,64-66,70,77-79H,7-18,25-30,43-45,74-76H2,(H,80,89)(H,81,90)(H,82,91)(H,83,86)(H,84,87)(H,85,88);1H/t64-,65-,66-;/m0./s1. The maximum Gasteiger partial charge on any atom is 0.246 e. The quantitative estimate of drug-likeness (QED) is 0.0131. The largest absolute Gasteiger partial charge is 0.361 e. The van der Waals surface area contributed by atoms with Gasteiger partial charge in [0.1, 0.15) is 18.1 Å². The molecule has 0 unspecified atom stereocenters. The van der Waals surface area contributed by atoms with E-state index in [0.29, 0.717) is 133 Å². The van der Waals surface area contributed by atoms with E-state index in [-0.39, 0.29) is 73.0 Å². The Morgan fingerprint density at radius 2 is 0.620 bits per heavy atom. The van der Waals surface area contributed by atoms with Crippen LogP contribution in [-0.4, -0.2) is 88.2 Å². The van der Waals surface area contributed by atoms with Gasteiger partial charge in [-0.2, -0.15) is 0 Å². The summed E-state index contributed by atoms with van der Waals surface area (Å²) in [6, 6.07) is 44.7. The van der Waals surface area contributed by atoms with Crippen LogP contribution in [0.1, 0.15) is 136 Å². The second-order valence-corrected chi connectivity index (χ2v) is 23.6. The molecule has 0 saturated heterocycles. The van der Waals surface area contributed by atoms with E-state index in [1.807, 2.05) is 146 Å². The molecule has 0 saturated carbocycles. The molecule has 0 spiro atoms. The van der Waals surface area contributed by atoms with E-state index in [4.69, 9.17) is 17.2 Å². The molecule has 18 nitrogen and oxygen atoms in total. The minimum Gasteiger partial charge on any atom is -0.361 e. The number of aryl methyl sites for hydroxylation is 3. The molecule has 3 heterocycles. The lowest BCUT2D eigenvalue weighted by molar-refractivity contribution is -0.126. The van der Waals surface area contributed by atoms with Gasteiger partial charge < -0.3 is 64.1 Å². The van der Waals surface area contributed by atoms with Crippen molar-refractivity contribution in [2.45, 2.75) is 140 Å². The van der Waals surface area contributed by atoms with Crippen molar-refractivity contribution >= 4 is 97.6 Å². The zero-order valence-electron chi connectivity index (χ0n) is 52.3. The van der Waals surface area contributed by atoms with Crippen LogP contribution < -0.4 is 49.1 Å². The van der Waals surface area contributed by atoms with Crippen LogP contribution in [0, 0.1) is 0 Å². The lowest BCUT2D eigenvalue weighted by Crippen LogP contribution is -2.43. The number of amides is 6. The number of carbonyl (C=O) groups excluding carboxylic acids is 6. The minimum atomic E-state index is -0.768. The molecule has 3 aromatic heterocycles. The molecule has 19 heteroatoms. The van der Waals surface area contributed by atoms with Crippen LogP contribution in [-0.2, 0) is 48.0 Å². The number of anilines is 3. The maximum atomic E-state index is 14.0. The van der Waals surface area contributed by atoms with Crippen LogP contribution in [0.3, 0.4) is 0 Å². The van der Waals surface area contributed by atoms with E-state index in [9.17, 15) is 28.8 Å². The number of halogens is 1. The highest BCUT2D eigenvalue weighted by Gasteiger charge is 2.26. The van der Waals surface area contributed by atoms with Gasteiger partial charge >= 0.3 is 0 Å². The first kappa shape index (κ1) is 68.8. The zero-order chi connectivity index (χ0) is 63.7. The monoisotopic (exact) mass is 1260 g/mol. The van der Waals surface area contributed by atoms with Crippen molar-refractivity contribution in [2.75, 3.05) is 35.6 Å². The first-order chi connectivity index (χ1) is 44.5. The van der Waals surface area contributed by atoms with Gasteiger partial charge in [0, 0.05) is 93.5 Å². The highest BCUT2D eigenvalue weighted by Crippen LogP contribution is 2.35. The molecule has 6 amide bonds. The molecular formula is C73H89ClN12O6. The van der Waals surface area contributed by atoms with Crippen LogP contribution in [0.2, 0.25) is 0 Å². The van der Waals surface area contributed by atoms with Crippen molar-refractivity contribution in [3.8, 4) is 0 Å². The third-order valence-electron chi connectivity index (χ3n) is 16.9. The average Bonchev–Trinajstić information content (AvgIpc) is 1.59. The summed E-state index contributed by atoms with van der Waals surface area (Å²) >= 11 is 0. The summed E-state index contributed by atoms with van der Waals surface area (Å²) in [5.41, 5.74) is 28.4. The normalized spacial score (nSPS) is 12.3. The summed E-state index contributed by atoms with van der Waals surface area (Å²) in [5.74, 6) is -1.94. The smallest absolute Gasteiger partial charge is 0.246 e. The van der Waals surface area contributed by atoms with Crippen molar-refractivity contribution in [1.29, 1.82) is 0 Å². The number of aromatic amines is 3. The van der Waals surface area contributed by atoms with Crippen LogP contribution in [0.5, 0.6) is 0 Å². The van der Waals surface area contributed by atoms with Crippen LogP contribution in [0.4, 0.5) is 17.1 Å². The Hall–Kier alpha value is -9.07. The van der Waals surface area contributed by atoms with Gasteiger partial charge in [-0.25, -0.2) is 0 Å². The molecule has 3 atom stereocenters. The van der Waals surface area contributed by atoms with Crippen LogP contribution >= 0.6 is 12.4 Å². The molecule has 9 rings (SSSR count). The summed E-state index contributed by atoms with van der Waals surface area (Å²) in [6.45, 7) is 1.41. The minimum absolute atomic E-state index is 0. The molecule has 0 aliphatic heterocycles. The number of benzene rings is 6. The topological polar surface area (TPSA) is 300 Å². The van der Waals surface area contributed by atoms with Gasteiger partial charge in [-0.15, -0.1) is 12.4 Å². The fraction of sp³-hybridized carbons (Fsp3) is 0.342. The third kappa shape index (κ3) is 19.7. The van der Waals surface area contributed by atoms with E-state index in [1.165, 1.54) is 0 Å². The summed E-state index contributed by atoms with van der Waals surface area (Å²) in [5, 5.41) is 21.6. The number of hydrogen-bond acceptors (Lipinski definition) is 9. The summed E-state index contributed by atoms with van der Waals surface area (Å²) in [7, 11) is 0. The number of carbonyl (C=O) groups is 6. The molecule has 0 fully saturated rings. The summed E-state index contributed by atoms with van der Waals surface area (Å²) < 4.78 is 0. The Labute approximate surface area is 544 Å². The lowest BCUT2D eigenvalue weighted by Gasteiger charge is -2.22. The SMILES string of the molecule is Cl.NCCCC[C@H](NC(=O)CCCc1c[nH]c2ccccc12)C(=O)Nc1ccc(C(c2ccc(NC(=O)[C@H](CCCCN)NC(=O)CCCc3c[nH]c4ccccc34)cc2)c2ccc(NC(=O)[C@H](CCCCN)NC(=O)CCCc3c[nH]c4ccccc34)cc2)cc1. The van der Waals surface area contributed by atoms with E-state index < -0.39 is 18.1 Å². The maximum absolute atomic E-state index is 14.0. The first-order valence-electron chi connectivity index (χ1n) is 32.3. The summed E-state index contributed by atoms with van der Waals surface area (Å²) in [4.78, 5) is 92.1. The van der Waals surface area contributed by atoms with Gasteiger partial charge in [-0.1, -0.05) is 91.0 Å². The van der Waals surface area contributed by atoms with Crippen LogP contribution in [0.25, 0.3) is 32.7 Å². The molecule has 0 radical (unpaired) electrons. The second kappa shape index (κ2) is 35.5. The number of para-hydroxylation sites is 3. The Morgan fingerprint density at radius 1 is 0.348 bits per heavy atom. The number of nitrogens with two attached hydrogens (primary N) is 3. The average molecular weight is 1270 g/mol. The number of aromatic nitrogens is 3. The number of fused-ring (bicyclic) bond motifs is 3. The van der Waals surface area contributed by atoms with E-state index in [0.717, 1.165) is 66.1 Å². The van der Waals surface area contributed by atoms with Gasteiger partial charge in [0.25, 0.3) is 0 Å². The van der Waals surface area contributed by atoms with Gasteiger partial charge in [0.15, 0.2) is 0 Å². The van der Waals surface area contributed by atoms with Crippen molar-refractivity contribution in [2.24, 2.45) is 17.2 Å². The number of nitrogens with one attached hydrogen (secondary N) is 9. The number of unbranched alkanes of at least 4 members (excludes halogenated alkanes) is 3. The molecule has 0 aliphatic carbocycles. The van der Waals surface area contributed by atoms with Crippen molar-refractivity contribution < 1.29 is 28.8 Å². The molecule has 9 aromatic rings. The molecule has 484 valence electrons. The fourth-order valence-electron chi connectivity index (χ4n) is 12.0. The van der Waals surface area contributed by atoms with Crippen molar-refractivity contribution in [3.63, 3.8) is 0 Å². The van der Waals surface area contributed by atoms with Gasteiger partial charge in [-0.3, -0.25) is 28.8 Å². The summed E-state index contributed by atoms with van der Waals surface area (Å²) in [6.07, 6.45) is 16.2. The second-order valence-electron chi connectivity index (χ2n) is 23.6. The first-order valence-corrected chi connectivity index (χ1v) is 32.3. The van der Waals surface area contributed by atoms with Gasteiger partial charge in [-0.05, 0) is 204 Å². The fourth-order valence-corrected chi connectivity index (χ4v) is 12.0. The van der Waals surface area contributed by atoms with E-state index >= 15 is 0 Å². The third-order valence-corrected chi connectivity index (χ3v) is 16.9. The van der Waals surface area contributed by atoms with E-state index in [2.05, 4.69) is 65.1 Å². The Bertz CT molecular complexity index is 3430. The van der Waals surface area contributed by atoms with Crippen molar-refractivity contribution in [1.82, 2.24) is 30.9 Å². The van der Waals surface area contributed by atoms with Gasteiger partial charge in [0.2, 0.25) is 35.4 Å². The zero-order valence-corrected chi connectivity index (χ0v) is 53.2. The highest BCUT2D eigenvalue weighted by molar-refractivity contribution is 5.99. The Balaban J connectivity index is 0.0000109. The molecule has 92 heavy (non-hydrogen) atoms. The molecule has 0 aliphatic rings. The lowest BCUT2D eigenvalue weighted by atomic mass is 9.85. The number of hydrogen-bond donors (Lipinski definition) is 12. The van der Waals surface area contributed by atoms with Crippen LogP contribution in [0.15, 0.2) is 164 Å². The predicted molar refractivity (Wildman–Crippen MR) is 372 cm³/mol.